The zero-order chi connectivity index (χ0) is 7.61. The highest BCUT2D eigenvalue weighted by Gasteiger charge is 2.31. The molecule has 11 heavy (non-hydrogen) atoms. The summed E-state index contributed by atoms with van der Waals surface area (Å²) in [5, 5.41) is 3.43. The summed E-state index contributed by atoms with van der Waals surface area (Å²) >= 11 is 0. The van der Waals surface area contributed by atoms with Crippen LogP contribution in [0.3, 0.4) is 0 Å². The summed E-state index contributed by atoms with van der Waals surface area (Å²) in [4.78, 5) is 0. The first-order valence-electron chi connectivity index (χ1n) is 4.38. The summed E-state index contributed by atoms with van der Waals surface area (Å²) in [6.45, 7) is 4.70. The summed E-state index contributed by atoms with van der Waals surface area (Å²) in [6.07, 6.45) is 5.59. The number of hydrogen-bond donors (Lipinski definition) is 1. The molecule has 1 aliphatic rings. The zero-order valence-corrected chi connectivity index (χ0v) is 8.63. The van der Waals surface area contributed by atoms with E-state index in [4.69, 9.17) is 0 Å². The van der Waals surface area contributed by atoms with Crippen LogP contribution in [-0.4, -0.2) is 12.6 Å². The van der Waals surface area contributed by atoms with Crippen LogP contribution in [0.2, 0.25) is 0 Å². The maximum atomic E-state index is 3.43. The van der Waals surface area contributed by atoms with Gasteiger partial charge in [-0.2, -0.15) is 0 Å². The van der Waals surface area contributed by atoms with E-state index in [0.29, 0.717) is 5.54 Å². The molecule has 0 aromatic carbocycles. The van der Waals surface area contributed by atoms with E-state index in [-0.39, 0.29) is 12.4 Å². The van der Waals surface area contributed by atoms with Gasteiger partial charge in [0.25, 0.3) is 0 Å². The molecule has 0 aromatic heterocycles. The Bertz CT molecular complexity index is 116. The van der Waals surface area contributed by atoms with Crippen molar-refractivity contribution >= 4 is 12.4 Å². The number of rotatable bonds is 1. The summed E-state index contributed by atoms with van der Waals surface area (Å²) in [5.74, 6) is 0.853. The van der Waals surface area contributed by atoms with Gasteiger partial charge in [0.1, 0.15) is 0 Å². The Labute approximate surface area is 76.4 Å². The van der Waals surface area contributed by atoms with Crippen molar-refractivity contribution in [3.63, 3.8) is 0 Å². The van der Waals surface area contributed by atoms with Crippen molar-refractivity contribution in [3.05, 3.63) is 0 Å². The second-order valence-electron chi connectivity index (χ2n) is 3.81. The fourth-order valence-electron chi connectivity index (χ4n) is 1.88. The molecule has 0 spiro atoms. The van der Waals surface area contributed by atoms with Gasteiger partial charge in [0.15, 0.2) is 0 Å². The highest BCUT2D eigenvalue weighted by atomic mass is 35.5. The average Bonchev–Trinajstić information content (AvgIpc) is 1.96. The Morgan fingerprint density at radius 1 is 1.36 bits per heavy atom. The third kappa shape index (κ3) is 2.34. The standard InChI is InChI=1S/C9H19N.ClH/c1-8-6-4-5-7-9(8,2)10-3;/h8,10H,4-7H2,1-3H3;1H. The molecular formula is C9H20ClN. The Balaban J connectivity index is 0.000001000. The lowest BCUT2D eigenvalue weighted by Crippen LogP contribution is -2.47. The van der Waals surface area contributed by atoms with Crippen molar-refractivity contribution in [3.8, 4) is 0 Å². The molecule has 0 aliphatic heterocycles. The second kappa shape index (κ2) is 4.32. The first-order chi connectivity index (χ1) is 4.69. The number of hydrogen-bond acceptors (Lipinski definition) is 1. The van der Waals surface area contributed by atoms with E-state index in [1.54, 1.807) is 0 Å². The molecule has 0 aromatic rings. The fourth-order valence-corrected chi connectivity index (χ4v) is 1.88. The van der Waals surface area contributed by atoms with Crippen molar-refractivity contribution in [2.45, 2.75) is 45.1 Å². The smallest absolute Gasteiger partial charge is 0.0175 e. The van der Waals surface area contributed by atoms with E-state index in [0.717, 1.165) is 5.92 Å². The van der Waals surface area contributed by atoms with Gasteiger partial charge >= 0.3 is 0 Å². The third-order valence-corrected chi connectivity index (χ3v) is 3.24. The predicted molar refractivity (Wildman–Crippen MR) is 52.3 cm³/mol. The second-order valence-corrected chi connectivity index (χ2v) is 3.81. The number of nitrogens with one attached hydrogen (secondary N) is 1. The molecule has 1 nitrogen and oxygen atoms in total. The first kappa shape index (κ1) is 11.2. The monoisotopic (exact) mass is 177 g/mol. The maximum absolute atomic E-state index is 3.43. The molecule has 2 atom stereocenters. The average molecular weight is 178 g/mol. The Kier molecular flexibility index (Phi) is 4.42. The van der Waals surface area contributed by atoms with Gasteiger partial charge in [0.2, 0.25) is 0 Å². The molecule has 0 amide bonds. The molecule has 2 heteroatoms. The minimum Gasteiger partial charge on any atom is -0.314 e. The third-order valence-electron chi connectivity index (χ3n) is 3.24. The molecule has 0 heterocycles. The van der Waals surface area contributed by atoms with Gasteiger partial charge in [-0.1, -0.05) is 19.8 Å². The highest BCUT2D eigenvalue weighted by Crippen LogP contribution is 2.32. The van der Waals surface area contributed by atoms with Crippen molar-refractivity contribution in [2.75, 3.05) is 7.05 Å². The quantitative estimate of drug-likeness (QED) is 0.650. The lowest BCUT2D eigenvalue weighted by atomic mass is 9.75. The van der Waals surface area contributed by atoms with Crippen molar-refractivity contribution in [1.82, 2.24) is 5.32 Å². The summed E-state index contributed by atoms with van der Waals surface area (Å²) in [5.41, 5.74) is 0.429. The molecule has 68 valence electrons. The van der Waals surface area contributed by atoms with Crippen LogP contribution in [-0.2, 0) is 0 Å². The van der Waals surface area contributed by atoms with Gasteiger partial charge in [-0.3, -0.25) is 0 Å². The van der Waals surface area contributed by atoms with Crippen LogP contribution in [0.15, 0.2) is 0 Å². The van der Waals surface area contributed by atoms with Gasteiger partial charge in [-0.15, -0.1) is 12.4 Å². The van der Waals surface area contributed by atoms with Crippen LogP contribution in [0.25, 0.3) is 0 Å². The molecular weight excluding hydrogens is 158 g/mol. The van der Waals surface area contributed by atoms with Gasteiger partial charge in [0.05, 0.1) is 0 Å². The molecule has 1 rings (SSSR count). The normalized spacial score (nSPS) is 37.9. The minimum absolute atomic E-state index is 0. The summed E-state index contributed by atoms with van der Waals surface area (Å²) in [7, 11) is 2.09. The SMILES string of the molecule is CNC1(C)CCCCC1C.Cl. The molecule has 0 bridgehead atoms. The largest absolute Gasteiger partial charge is 0.314 e. The maximum Gasteiger partial charge on any atom is 0.0175 e. The topological polar surface area (TPSA) is 12.0 Å². The van der Waals surface area contributed by atoms with E-state index in [1.807, 2.05) is 0 Å². The van der Waals surface area contributed by atoms with Gasteiger partial charge < -0.3 is 5.32 Å². The first-order valence-corrected chi connectivity index (χ1v) is 4.38. The van der Waals surface area contributed by atoms with Crippen molar-refractivity contribution in [1.29, 1.82) is 0 Å². The molecule has 1 saturated carbocycles. The molecule has 0 radical (unpaired) electrons. The van der Waals surface area contributed by atoms with E-state index >= 15 is 0 Å². The van der Waals surface area contributed by atoms with E-state index < -0.39 is 0 Å². The molecule has 2 unspecified atom stereocenters. The van der Waals surface area contributed by atoms with Crippen LogP contribution in [0.4, 0.5) is 0 Å². The van der Waals surface area contributed by atoms with Crippen LogP contribution < -0.4 is 5.32 Å². The van der Waals surface area contributed by atoms with Gasteiger partial charge in [0, 0.05) is 5.54 Å². The fraction of sp³-hybridized carbons (Fsp3) is 1.00. The Morgan fingerprint density at radius 2 is 2.00 bits per heavy atom. The summed E-state index contributed by atoms with van der Waals surface area (Å²) in [6, 6.07) is 0. The molecule has 0 saturated heterocycles. The van der Waals surface area contributed by atoms with Crippen molar-refractivity contribution < 1.29 is 0 Å². The van der Waals surface area contributed by atoms with Crippen LogP contribution in [0.5, 0.6) is 0 Å². The van der Waals surface area contributed by atoms with E-state index in [2.05, 4.69) is 26.2 Å². The molecule has 1 aliphatic carbocycles. The van der Waals surface area contributed by atoms with Crippen LogP contribution in [0.1, 0.15) is 39.5 Å². The lowest BCUT2D eigenvalue weighted by molar-refractivity contribution is 0.186. The molecule has 1 N–H and O–H groups in total. The van der Waals surface area contributed by atoms with E-state index in [9.17, 15) is 0 Å². The minimum atomic E-state index is 0. The van der Waals surface area contributed by atoms with Crippen LogP contribution in [0, 0.1) is 5.92 Å². The van der Waals surface area contributed by atoms with E-state index in [1.165, 1.54) is 25.7 Å². The highest BCUT2D eigenvalue weighted by molar-refractivity contribution is 5.85. The predicted octanol–water partition coefficient (Wildman–Crippen LogP) is 2.60. The zero-order valence-electron chi connectivity index (χ0n) is 7.81. The van der Waals surface area contributed by atoms with Crippen LogP contribution >= 0.6 is 12.4 Å². The summed E-state index contributed by atoms with van der Waals surface area (Å²) < 4.78 is 0. The van der Waals surface area contributed by atoms with Gasteiger partial charge in [-0.25, -0.2) is 0 Å². The van der Waals surface area contributed by atoms with Gasteiger partial charge in [-0.05, 0) is 32.7 Å². The Morgan fingerprint density at radius 3 is 2.36 bits per heavy atom. The number of halogens is 1. The van der Waals surface area contributed by atoms with Crippen molar-refractivity contribution in [2.24, 2.45) is 5.92 Å². The molecule has 1 fully saturated rings. The lowest BCUT2D eigenvalue weighted by Gasteiger charge is -2.39. The Hall–Kier alpha value is 0.250.